The molecule has 1 saturated heterocycles. The SMILES string of the molecule is C=CC(=C)C1CCN(CC2=CC=CCC2)CC1. The average molecular weight is 229 g/mol. The molecule has 0 bridgehead atoms. The van der Waals surface area contributed by atoms with Gasteiger partial charge in [-0.25, -0.2) is 0 Å². The topological polar surface area (TPSA) is 3.24 Å². The minimum atomic E-state index is 0.670. The van der Waals surface area contributed by atoms with E-state index in [2.05, 4.69) is 36.3 Å². The molecule has 1 nitrogen and oxygen atoms in total. The van der Waals surface area contributed by atoms with E-state index in [1.165, 1.54) is 44.3 Å². The first-order chi connectivity index (χ1) is 8.29. The van der Waals surface area contributed by atoms with Gasteiger partial charge in [0.05, 0.1) is 0 Å². The lowest BCUT2D eigenvalue weighted by molar-refractivity contribution is 0.213. The van der Waals surface area contributed by atoms with Gasteiger partial charge in [-0.1, -0.05) is 48.6 Å². The van der Waals surface area contributed by atoms with Crippen LogP contribution in [0.5, 0.6) is 0 Å². The van der Waals surface area contributed by atoms with Gasteiger partial charge in [0.2, 0.25) is 0 Å². The van der Waals surface area contributed by atoms with Crippen LogP contribution in [0.3, 0.4) is 0 Å². The van der Waals surface area contributed by atoms with Gasteiger partial charge in [0, 0.05) is 6.54 Å². The fourth-order valence-corrected chi connectivity index (χ4v) is 2.70. The molecule has 0 radical (unpaired) electrons. The van der Waals surface area contributed by atoms with Gasteiger partial charge in [0.25, 0.3) is 0 Å². The Labute approximate surface area is 105 Å². The molecule has 2 aliphatic rings. The van der Waals surface area contributed by atoms with Gasteiger partial charge in [-0.2, -0.15) is 0 Å². The largest absolute Gasteiger partial charge is 0.299 e. The van der Waals surface area contributed by atoms with Crippen molar-refractivity contribution in [1.29, 1.82) is 0 Å². The second-order valence-corrected chi connectivity index (χ2v) is 5.12. The lowest BCUT2D eigenvalue weighted by atomic mass is 9.89. The molecule has 0 amide bonds. The van der Waals surface area contributed by atoms with Crippen molar-refractivity contribution >= 4 is 0 Å². The second-order valence-electron chi connectivity index (χ2n) is 5.12. The number of nitrogens with zero attached hydrogens (tertiary/aromatic N) is 1. The van der Waals surface area contributed by atoms with Gasteiger partial charge in [-0.05, 0) is 44.7 Å². The molecule has 0 aromatic carbocycles. The van der Waals surface area contributed by atoms with Crippen LogP contribution in [-0.2, 0) is 0 Å². The van der Waals surface area contributed by atoms with E-state index in [0.717, 1.165) is 6.54 Å². The maximum Gasteiger partial charge on any atom is 0.0196 e. The van der Waals surface area contributed by atoms with E-state index in [0.29, 0.717) is 5.92 Å². The molecule has 2 rings (SSSR count). The van der Waals surface area contributed by atoms with Crippen molar-refractivity contribution in [3.05, 3.63) is 48.6 Å². The molecular formula is C16H23N. The quantitative estimate of drug-likeness (QED) is 0.664. The monoisotopic (exact) mass is 229 g/mol. The highest BCUT2D eigenvalue weighted by molar-refractivity contribution is 5.19. The van der Waals surface area contributed by atoms with E-state index in [9.17, 15) is 0 Å². The Kier molecular flexibility index (Phi) is 4.38. The Morgan fingerprint density at radius 3 is 2.76 bits per heavy atom. The Balaban J connectivity index is 1.79. The molecule has 1 fully saturated rings. The molecule has 1 heterocycles. The maximum atomic E-state index is 4.08. The Hall–Kier alpha value is -1.08. The maximum absolute atomic E-state index is 4.08. The summed E-state index contributed by atoms with van der Waals surface area (Å²) in [6.07, 6.45) is 13.6. The molecule has 0 unspecified atom stereocenters. The van der Waals surface area contributed by atoms with Gasteiger partial charge in [0.15, 0.2) is 0 Å². The van der Waals surface area contributed by atoms with Crippen LogP contribution in [0.2, 0.25) is 0 Å². The molecule has 17 heavy (non-hydrogen) atoms. The smallest absolute Gasteiger partial charge is 0.0196 e. The number of likely N-dealkylation sites (tertiary alicyclic amines) is 1. The highest BCUT2D eigenvalue weighted by atomic mass is 15.1. The number of hydrogen-bond acceptors (Lipinski definition) is 1. The van der Waals surface area contributed by atoms with E-state index in [1.807, 2.05) is 6.08 Å². The molecule has 0 spiro atoms. The summed E-state index contributed by atoms with van der Waals surface area (Å²) in [6, 6.07) is 0. The van der Waals surface area contributed by atoms with Crippen LogP contribution in [0.1, 0.15) is 25.7 Å². The fraction of sp³-hybridized carbons (Fsp3) is 0.500. The average Bonchev–Trinajstić information content (AvgIpc) is 2.40. The molecule has 1 heteroatoms. The Morgan fingerprint density at radius 2 is 2.18 bits per heavy atom. The van der Waals surface area contributed by atoms with E-state index >= 15 is 0 Å². The summed E-state index contributed by atoms with van der Waals surface area (Å²) in [7, 11) is 0. The summed E-state index contributed by atoms with van der Waals surface area (Å²) in [5.74, 6) is 0.670. The molecular weight excluding hydrogens is 206 g/mol. The van der Waals surface area contributed by atoms with Gasteiger partial charge in [-0.15, -0.1) is 0 Å². The summed E-state index contributed by atoms with van der Waals surface area (Å²) in [4.78, 5) is 2.58. The van der Waals surface area contributed by atoms with Crippen molar-refractivity contribution < 1.29 is 0 Å². The zero-order valence-corrected chi connectivity index (χ0v) is 10.7. The fourth-order valence-electron chi connectivity index (χ4n) is 2.70. The van der Waals surface area contributed by atoms with Crippen molar-refractivity contribution in [2.75, 3.05) is 19.6 Å². The Bertz CT molecular complexity index is 341. The molecule has 0 N–H and O–H groups in total. The summed E-state index contributed by atoms with van der Waals surface area (Å²) >= 11 is 0. The van der Waals surface area contributed by atoms with Gasteiger partial charge < -0.3 is 0 Å². The van der Waals surface area contributed by atoms with Crippen molar-refractivity contribution in [2.24, 2.45) is 5.92 Å². The van der Waals surface area contributed by atoms with Crippen molar-refractivity contribution in [3.63, 3.8) is 0 Å². The standard InChI is InChI=1S/C16H23N/c1-3-14(2)16-9-11-17(12-10-16)13-15-7-5-4-6-8-15/h3-5,7,16H,1-2,6,8-13H2. The number of rotatable bonds is 4. The first kappa shape index (κ1) is 12.4. The Morgan fingerprint density at radius 1 is 1.41 bits per heavy atom. The van der Waals surface area contributed by atoms with Crippen molar-refractivity contribution in [1.82, 2.24) is 4.90 Å². The second kappa shape index (κ2) is 6.02. The van der Waals surface area contributed by atoms with Gasteiger partial charge >= 0.3 is 0 Å². The third-order valence-corrected chi connectivity index (χ3v) is 3.90. The van der Waals surface area contributed by atoms with Crippen LogP contribution >= 0.6 is 0 Å². The first-order valence-electron chi connectivity index (χ1n) is 6.68. The third kappa shape index (κ3) is 3.44. The summed E-state index contributed by atoms with van der Waals surface area (Å²) < 4.78 is 0. The number of allylic oxidation sites excluding steroid dienone is 5. The molecule has 1 aliphatic carbocycles. The third-order valence-electron chi connectivity index (χ3n) is 3.90. The summed E-state index contributed by atoms with van der Waals surface area (Å²) in [5.41, 5.74) is 2.82. The normalized spacial score (nSPS) is 22.2. The van der Waals surface area contributed by atoms with Gasteiger partial charge in [0.1, 0.15) is 0 Å². The molecule has 0 saturated carbocycles. The molecule has 0 atom stereocenters. The van der Waals surface area contributed by atoms with Crippen LogP contribution in [0.15, 0.2) is 48.6 Å². The first-order valence-corrected chi connectivity index (χ1v) is 6.68. The highest BCUT2D eigenvalue weighted by Gasteiger charge is 2.20. The minimum Gasteiger partial charge on any atom is -0.299 e. The predicted octanol–water partition coefficient (Wildman–Crippen LogP) is 3.72. The van der Waals surface area contributed by atoms with Crippen molar-refractivity contribution in [3.8, 4) is 0 Å². The van der Waals surface area contributed by atoms with Gasteiger partial charge in [-0.3, -0.25) is 4.90 Å². The van der Waals surface area contributed by atoms with Crippen LogP contribution in [0.4, 0.5) is 0 Å². The van der Waals surface area contributed by atoms with E-state index in [-0.39, 0.29) is 0 Å². The van der Waals surface area contributed by atoms with Crippen LogP contribution < -0.4 is 0 Å². The molecule has 1 aliphatic heterocycles. The van der Waals surface area contributed by atoms with Crippen LogP contribution in [0, 0.1) is 5.92 Å². The number of piperidine rings is 1. The van der Waals surface area contributed by atoms with Crippen LogP contribution in [-0.4, -0.2) is 24.5 Å². The highest BCUT2D eigenvalue weighted by Crippen LogP contribution is 2.25. The lowest BCUT2D eigenvalue weighted by Gasteiger charge is -2.33. The van der Waals surface area contributed by atoms with E-state index < -0.39 is 0 Å². The van der Waals surface area contributed by atoms with E-state index in [1.54, 1.807) is 5.57 Å². The summed E-state index contributed by atoms with van der Waals surface area (Å²) in [6.45, 7) is 11.5. The van der Waals surface area contributed by atoms with E-state index in [4.69, 9.17) is 0 Å². The molecule has 92 valence electrons. The predicted molar refractivity (Wildman–Crippen MR) is 75.0 cm³/mol. The lowest BCUT2D eigenvalue weighted by Crippen LogP contribution is -2.35. The molecule has 0 aromatic rings. The summed E-state index contributed by atoms with van der Waals surface area (Å²) in [5, 5.41) is 0. The van der Waals surface area contributed by atoms with Crippen LogP contribution in [0.25, 0.3) is 0 Å². The zero-order chi connectivity index (χ0) is 12.1. The van der Waals surface area contributed by atoms with Crippen molar-refractivity contribution in [2.45, 2.75) is 25.7 Å². The molecule has 0 aromatic heterocycles. The zero-order valence-electron chi connectivity index (χ0n) is 10.7. The minimum absolute atomic E-state index is 0.670. The number of hydrogen-bond donors (Lipinski definition) is 0.